The second kappa shape index (κ2) is 3.67. The Balaban J connectivity index is 2.02. The van der Waals surface area contributed by atoms with Gasteiger partial charge in [-0.25, -0.2) is 14.5 Å². The van der Waals surface area contributed by atoms with E-state index in [1.165, 1.54) is 23.4 Å². The molecule has 2 aliphatic rings. The van der Waals surface area contributed by atoms with Gasteiger partial charge in [0.05, 0.1) is 6.20 Å². The van der Waals surface area contributed by atoms with Crippen LogP contribution in [0, 0.1) is 0 Å². The van der Waals surface area contributed by atoms with Crippen LogP contribution in [0.2, 0.25) is 0 Å². The molecule has 103 valence electrons. The zero-order valence-electron chi connectivity index (χ0n) is 10.4. The van der Waals surface area contributed by atoms with Crippen LogP contribution < -0.4 is 16.5 Å². The van der Waals surface area contributed by atoms with Gasteiger partial charge < -0.3 is 16.6 Å². The molecule has 1 radical (unpaired) electrons. The second-order valence-electron chi connectivity index (χ2n) is 4.30. The van der Waals surface area contributed by atoms with Crippen LogP contribution in [0.1, 0.15) is 0 Å². The maximum Gasteiger partial charge on any atom is 0.344 e. The summed E-state index contributed by atoms with van der Waals surface area (Å²) in [4.78, 5) is 27.8. The molecule has 2 aliphatic heterocycles. The number of anilines is 2. The Morgan fingerprint density at radius 2 is 2.10 bits per heavy atom. The standard InChI is InChI=1S/C10H8N10O/c11-8-13-1-4-7(19-8)20(9(12)18-4)10(21)5-6(15-2-14-5)16-3-17-10/h1-3,21H,(H2,12,18)(H2,11,13,19)/q+1. The number of hydrogen-bond donors (Lipinski definition) is 3. The van der Waals surface area contributed by atoms with Gasteiger partial charge in [0.1, 0.15) is 5.52 Å². The molecule has 0 bridgehead atoms. The summed E-state index contributed by atoms with van der Waals surface area (Å²) in [5, 5.41) is 10.9. The van der Waals surface area contributed by atoms with Crippen LogP contribution in [0.5, 0.6) is 0 Å². The van der Waals surface area contributed by atoms with Crippen LogP contribution >= 0.6 is 0 Å². The monoisotopic (exact) mass is 284 g/mol. The molecule has 21 heavy (non-hydrogen) atoms. The van der Waals surface area contributed by atoms with Crippen molar-refractivity contribution in [2.45, 2.75) is 5.85 Å². The molecule has 0 spiro atoms. The van der Waals surface area contributed by atoms with Gasteiger partial charge in [0, 0.05) is 0 Å². The average Bonchev–Trinajstić information content (AvgIpc) is 3.03. The van der Waals surface area contributed by atoms with E-state index in [9.17, 15) is 5.11 Å². The summed E-state index contributed by atoms with van der Waals surface area (Å²) < 4.78 is 1.21. The highest BCUT2D eigenvalue weighted by atomic mass is 16.3. The number of amidine groups is 1. The first-order chi connectivity index (χ1) is 10.1. The minimum Gasteiger partial charge on any atom is -0.369 e. The highest BCUT2D eigenvalue weighted by molar-refractivity contribution is 6.48. The lowest BCUT2D eigenvalue weighted by molar-refractivity contribution is 0.0533. The van der Waals surface area contributed by atoms with Crippen molar-refractivity contribution in [3.8, 4) is 0 Å². The van der Waals surface area contributed by atoms with Gasteiger partial charge in [0.2, 0.25) is 11.9 Å². The summed E-state index contributed by atoms with van der Waals surface area (Å²) in [7, 11) is 0. The molecule has 11 nitrogen and oxygen atoms in total. The minimum absolute atomic E-state index is 0.0135. The summed E-state index contributed by atoms with van der Waals surface area (Å²) in [6, 6.07) is 0. The van der Waals surface area contributed by atoms with Crippen molar-refractivity contribution < 1.29 is 5.11 Å². The number of aliphatic imine (C=N–C) groups is 4. The number of nitrogens with two attached hydrogens (primary N) is 2. The Bertz CT molecular complexity index is 891. The third-order valence-electron chi connectivity index (χ3n) is 3.07. The number of nitrogens with zero attached hydrogens (tertiary/aromatic N) is 8. The predicted molar refractivity (Wildman–Crippen MR) is 75.9 cm³/mol. The normalized spacial score (nSPS) is 23.3. The fourth-order valence-corrected chi connectivity index (χ4v) is 2.19. The van der Waals surface area contributed by atoms with Crippen LogP contribution in [0.3, 0.4) is 0 Å². The maximum absolute atomic E-state index is 10.9. The Morgan fingerprint density at radius 3 is 2.95 bits per heavy atom. The SMILES string of the molecule is Nc1ncc2nc(N)n(C3(O)N=CN=C4[N+]=CN=C43)c2n1. The van der Waals surface area contributed by atoms with Crippen molar-refractivity contribution in [2.75, 3.05) is 11.5 Å². The highest BCUT2D eigenvalue weighted by Crippen LogP contribution is 2.29. The van der Waals surface area contributed by atoms with Gasteiger partial charge in [-0.05, 0) is 0 Å². The lowest BCUT2D eigenvalue weighted by Gasteiger charge is -2.23. The van der Waals surface area contributed by atoms with E-state index in [0.29, 0.717) is 5.52 Å². The van der Waals surface area contributed by atoms with Crippen LogP contribution in [-0.2, 0) is 5.85 Å². The Morgan fingerprint density at radius 1 is 1.24 bits per heavy atom. The summed E-state index contributed by atoms with van der Waals surface area (Å²) in [6.07, 6.45) is 3.85. The topological polar surface area (TPSA) is 167 Å². The Kier molecular flexibility index (Phi) is 2.03. The van der Waals surface area contributed by atoms with Gasteiger partial charge in [-0.2, -0.15) is 9.98 Å². The number of nitrogen functional groups attached to an aromatic ring is 2. The number of rotatable bonds is 1. The zero-order chi connectivity index (χ0) is 14.6. The average molecular weight is 284 g/mol. The highest BCUT2D eigenvalue weighted by Gasteiger charge is 2.50. The number of aromatic nitrogens is 4. The van der Waals surface area contributed by atoms with Gasteiger partial charge >= 0.3 is 11.7 Å². The molecule has 2 aromatic rings. The molecule has 4 rings (SSSR count). The van der Waals surface area contributed by atoms with Gasteiger partial charge in [-0.3, -0.25) is 0 Å². The lowest BCUT2D eigenvalue weighted by Crippen LogP contribution is -2.46. The van der Waals surface area contributed by atoms with E-state index in [1.54, 1.807) is 0 Å². The third kappa shape index (κ3) is 1.42. The summed E-state index contributed by atoms with van der Waals surface area (Å²) >= 11 is 0. The molecule has 1 atom stereocenters. The molecular weight excluding hydrogens is 276 g/mol. The van der Waals surface area contributed by atoms with Crippen molar-refractivity contribution in [3.63, 3.8) is 0 Å². The van der Waals surface area contributed by atoms with Crippen molar-refractivity contribution in [1.82, 2.24) is 24.5 Å². The van der Waals surface area contributed by atoms with E-state index in [1.807, 2.05) is 0 Å². The van der Waals surface area contributed by atoms with Crippen molar-refractivity contribution in [1.29, 1.82) is 0 Å². The minimum atomic E-state index is -1.94. The molecule has 1 unspecified atom stereocenters. The number of imidazole rings is 1. The van der Waals surface area contributed by atoms with Crippen molar-refractivity contribution >= 4 is 47.3 Å². The largest absolute Gasteiger partial charge is 0.369 e. The molecule has 0 amide bonds. The van der Waals surface area contributed by atoms with Gasteiger partial charge in [-0.1, -0.05) is 15.0 Å². The molecule has 0 saturated carbocycles. The smallest absolute Gasteiger partial charge is 0.344 e. The van der Waals surface area contributed by atoms with E-state index in [2.05, 4.69) is 34.9 Å². The second-order valence-corrected chi connectivity index (χ2v) is 4.30. The predicted octanol–water partition coefficient (Wildman–Crippen LogP) is -2.15. The lowest BCUT2D eigenvalue weighted by atomic mass is 10.2. The number of fused-ring (bicyclic) bond motifs is 2. The molecule has 0 aromatic carbocycles. The molecular formula is C10H8N10O+. The quantitative estimate of drug-likeness (QED) is 0.539. The fraction of sp³-hybridized carbons (Fsp3) is 0.100. The summed E-state index contributed by atoms with van der Waals surface area (Å²) in [5.41, 5.74) is 12.2. The maximum atomic E-state index is 10.9. The molecule has 5 N–H and O–H groups in total. The third-order valence-corrected chi connectivity index (χ3v) is 3.07. The van der Waals surface area contributed by atoms with Gasteiger partial charge in [-0.15, -0.1) is 0 Å². The van der Waals surface area contributed by atoms with Crippen LogP contribution in [-0.4, -0.2) is 48.8 Å². The molecule has 11 heteroatoms. The summed E-state index contributed by atoms with van der Waals surface area (Å²) in [5.74, 6) is -1.69. The van der Waals surface area contributed by atoms with Gasteiger partial charge in [0.15, 0.2) is 12.0 Å². The van der Waals surface area contributed by atoms with Crippen LogP contribution in [0.4, 0.5) is 11.9 Å². The fourth-order valence-electron chi connectivity index (χ4n) is 2.19. The zero-order valence-corrected chi connectivity index (χ0v) is 10.4. The molecule has 0 saturated heterocycles. The first-order valence-electron chi connectivity index (χ1n) is 5.81. The first-order valence-corrected chi connectivity index (χ1v) is 5.81. The Labute approximate surface area is 116 Å². The molecule has 2 aromatic heterocycles. The number of hydrogen-bond acceptors (Lipinski definition) is 10. The number of aliphatic hydroxyl groups is 1. The van der Waals surface area contributed by atoms with E-state index in [-0.39, 0.29) is 29.1 Å². The van der Waals surface area contributed by atoms with Crippen LogP contribution in [0.15, 0.2) is 21.2 Å². The van der Waals surface area contributed by atoms with Crippen LogP contribution in [0.25, 0.3) is 11.2 Å². The Hall–Kier alpha value is -3.21. The molecule has 0 fully saturated rings. The first kappa shape index (κ1) is 11.6. The summed E-state index contributed by atoms with van der Waals surface area (Å²) in [6.45, 7) is 0. The molecule has 0 aliphatic carbocycles. The van der Waals surface area contributed by atoms with Crippen molar-refractivity contribution in [3.05, 3.63) is 6.20 Å². The van der Waals surface area contributed by atoms with Gasteiger partial charge in [0.25, 0.3) is 12.1 Å². The van der Waals surface area contributed by atoms with E-state index >= 15 is 0 Å². The van der Waals surface area contributed by atoms with Crippen molar-refractivity contribution in [2.24, 2.45) is 15.0 Å². The van der Waals surface area contributed by atoms with E-state index in [4.69, 9.17) is 11.5 Å². The molecule has 4 heterocycles. The van der Waals surface area contributed by atoms with E-state index in [0.717, 1.165) is 0 Å². The van der Waals surface area contributed by atoms with E-state index < -0.39 is 5.85 Å².